The lowest BCUT2D eigenvalue weighted by Crippen LogP contribution is -2.30. The fourth-order valence-electron chi connectivity index (χ4n) is 3.24. The number of aryl methyl sites for hydroxylation is 1. The van der Waals surface area contributed by atoms with Crippen molar-refractivity contribution in [3.8, 4) is 0 Å². The molecule has 0 fully saturated rings. The summed E-state index contributed by atoms with van der Waals surface area (Å²) in [6, 6.07) is 7.76. The molecule has 1 aliphatic rings. The molecule has 3 rings (SSSR count). The standard InChI is InChI=1S/C21H27FN4O3/c1-15(2)29-11-4-8-23-20(27)18-13-19-21(28)25(9-5-10-26(19)24-18)14-16-6-3-7-17(22)12-16/h3,6-7,12-13,15H,4-5,8-11,14H2,1-2H3,(H,23,27). The molecule has 2 heterocycles. The summed E-state index contributed by atoms with van der Waals surface area (Å²) in [5, 5.41) is 7.12. The molecule has 0 radical (unpaired) electrons. The van der Waals surface area contributed by atoms with Crippen molar-refractivity contribution in [1.82, 2.24) is 20.0 Å². The summed E-state index contributed by atoms with van der Waals surface area (Å²) in [6.45, 7) is 6.40. The number of carbonyl (C=O) groups is 2. The van der Waals surface area contributed by atoms with Crippen molar-refractivity contribution in [1.29, 1.82) is 0 Å². The molecule has 2 aromatic rings. The number of ether oxygens (including phenoxy) is 1. The number of benzene rings is 1. The van der Waals surface area contributed by atoms with Crippen molar-refractivity contribution in [2.75, 3.05) is 19.7 Å². The molecule has 0 saturated carbocycles. The molecule has 8 heteroatoms. The SMILES string of the molecule is CC(C)OCCCNC(=O)c1cc2n(n1)CCCN(Cc1cccc(F)c1)C2=O. The van der Waals surface area contributed by atoms with Gasteiger partial charge in [0.15, 0.2) is 5.69 Å². The fraction of sp³-hybridized carbons (Fsp3) is 0.476. The van der Waals surface area contributed by atoms with E-state index in [0.717, 1.165) is 5.56 Å². The van der Waals surface area contributed by atoms with Gasteiger partial charge >= 0.3 is 0 Å². The molecule has 7 nitrogen and oxygen atoms in total. The Morgan fingerprint density at radius 1 is 1.31 bits per heavy atom. The highest BCUT2D eigenvalue weighted by Crippen LogP contribution is 2.17. The molecule has 2 amide bonds. The van der Waals surface area contributed by atoms with Crippen LogP contribution in [0.5, 0.6) is 0 Å². The van der Waals surface area contributed by atoms with Crippen molar-refractivity contribution in [2.24, 2.45) is 0 Å². The second-order valence-electron chi connectivity index (χ2n) is 7.38. The number of nitrogens with one attached hydrogen (secondary N) is 1. The second kappa shape index (κ2) is 9.65. The molecule has 156 valence electrons. The van der Waals surface area contributed by atoms with Crippen molar-refractivity contribution in [3.05, 3.63) is 53.1 Å². The van der Waals surface area contributed by atoms with Gasteiger partial charge < -0.3 is 15.0 Å². The van der Waals surface area contributed by atoms with Gasteiger partial charge in [-0.15, -0.1) is 0 Å². The highest BCUT2D eigenvalue weighted by Gasteiger charge is 2.26. The maximum Gasteiger partial charge on any atom is 0.272 e. The second-order valence-corrected chi connectivity index (χ2v) is 7.38. The molecule has 0 unspecified atom stereocenters. The van der Waals surface area contributed by atoms with E-state index in [9.17, 15) is 14.0 Å². The Balaban J connectivity index is 1.63. The predicted molar refractivity (Wildman–Crippen MR) is 106 cm³/mol. The molecule has 1 aliphatic heterocycles. The van der Waals surface area contributed by atoms with E-state index < -0.39 is 0 Å². The van der Waals surface area contributed by atoms with E-state index in [2.05, 4.69) is 10.4 Å². The third-order valence-electron chi connectivity index (χ3n) is 4.64. The lowest BCUT2D eigenvalue weighted by molar-refractivity contribution is 0.0743. The topological polar surface area (TPSA) is 76.5 Å². The molecule has 1 aromatic carbocycles. The van der Waals surface area contributed by atoms with E-state index in [1.54, 1.807) is 21.7 Å². The van der Waals surface area contributed by atoms with Crippen LogP contribution in [0, 0.1) is 5.82 Å². The number of halogens is 1. The summed E-state index contributed by atoms with van der Waals surface area (Å²) in [5.74, 6) is -0.837. The van der Waals surface area contributed by atoms with Crippen LogP contribution in [0.4, 0.5) is 4.39 Å². The number of nitrogens with zero attached hydrogens (tertiary/aromatic N) is 3. The summed E-state index contributed by atoms with van der Waals surface area (Å²) in [4.78, 5) is 27.0. The summed E-state index contributed by atoms with van der Waals surface area (Å²) >= 11 is 0. The molecule has 29 heavy (non-hydrogen) atoms. The minimum atomic E-state index is -0.326. The maximum absolute atomic E-state index is 13.4. The number of amides is 2. The van der Waals surface area contributed by atoms with E-state index in [4.69, 9.17) is 4.74 Å². The Morgan fingerprint density at radius 3 is 2.90 bits per heavy atom. The minimum absolute atomic E-state index is 0.163. The first-order valence-electron chi connectivity index (χ1n) is 9.95. The summed E-state index contributed by atoms with van der Waals surface area (Å²) in [7, 11) is 0. The third-order valence-corrected chi connectivity index (χ3v) is 4.64. The van der Waals surface area contributed by atoms with Crippen LogP contribution in [0.25, 0.3) is 0 Å². The van der Waals surface area contributed by atoms with Gasteiger partial charge in [-0.25, -0.2) is 4.39 Å². The van der Waals surface area contributed by atoms with E-state index in [-0.39, 0.29) is 29.4 Å². The number of rotatable bonds is 8. The first-order valence-corrected chi connectivity index (χ1v) is 9.95. The molecule has 0 bridgehead atoms. The number of fused-ring (bicyclic) bond motifs is 1. The maximum atomic E-state index is 13.4. The van der Waals surface area contributed by atoms with E-state index in [0.29, 0.717) is 51.3 Å². The van der Waals surface area contributed by atoms with Crippen LogP contribution in [0.2, 0.25) is 0 Å². The molecule has 0 spiro atoms. The zero-order chi connectivity index (χ0) is 20.8. The Kier molecular flexibility index (Phi) is 6.98. The van der Waals surface area contributed by atoms with Crippen LogP contribution in [-0.4, -0.2) is 52.3 Å². The molecule has 0 aliphatic carbocycles. The molecular formula is C21H27FN4O3. The van der Waals surface area contributed by atoms with Gasteiger partial charge in [0.25, 0.3) is 11.8 Å². The van der Waals surface area contributed by atoms with Crippen LogP contribution in [0.3, 0.4) is 0 Å². The predicted octanol–water partition coefficient (Wildman–Crippen LogP) is 2.61. The molecule has 1 N–H and O–H groups in total. The van der Waals surface area contributed by atoms with Gasteiger partial charge in [-0.1, -0.05) is 12.1 Å². The Bertz CT molecular complexity index is 865. The zero-order valence-electron chi connectivity index (χ0n) is 16.9. The number of hydrogen-bond acceptors (Lipinski definition) is 4. The van der Waals surface area contributed by atoms with Crippen LogP contribution in [0.15, 0.2) is 30.3 Å². The highest BCUT2D eigenvalue weighted by molar-refractivity contribution is 5.98. The number of aromatic nitrogens is 2. The Labute approximate surface area is 169 Å². The van der Waals surface area contributed by atoms with Gasteiger partial charge in [0.05, 0.1) is 6.10 Å². The normalized spacial score (nSPS) is 14.1. The Morgan fingerprint density at radius 2 is 2.14 bits per heavy atom. The van der Waals surface area contributed by atoms with E-state index >= 15 is 0 Å². The molecule has 0 atom stereocenters. The van der Waals surface area contributed by atoms with Crippen molar-refractivity contribution in [2.45, 2.75) is 45.9 Å². The van der Waals surface area contributed by atoms with Gasteiger partial charge in [0.2, 0.25) is 0 Å². The quantitative estimate of drug-likeness (QED) is 0.689. The summed E-state index contributed by atoms with van der Waals surface area (Å²) in [5.41, 5.74) is 1.34. The minimum Gasteiger partial charge on any atom is -0.379 e. The van der Waals surface area contributed by atoms with Crippen LogP contribution >= 0.6 is 0 Å². The monoisotopic (exact) mass is 402 g/mol. The average Bonchev–Trinajstić information content (AvgIpc) is 3.04. The van der Waals surface area contributed by atoms with Gasteiger partial charge in [-0.05, 0) is 44.4 Å². The van der Waals surface area contributed by atoms with Gasteiger partial charge in [0, 0.05) is 38.9 Å². The van der Waals surface area contributed by atoms with Crippen molar-refractivity contribution >= 4 is 11.8 Å². The first kappa shape index (κ1) is 21.0. The molecule has 0 saturated heterocycles. The van der Waals surface area contributed by atoms with E-state index in [1.807, 2.05) is 13.8 Å². The summed E-state index contributed by atoms with van der Waals surface area (Å²) < 4.78 is 20.5. The Hall–Kier alpha value is -2.74. The number of carbonyl (C=O) groups excluding carboxylic acids is 2. The van der Waals surface area contributed by atoms with Gasteiger partial charge in [-0.3, -0.25) is 14.3 Å². The highest BCUT2D eigenvalue weighted by atomic mass is 19.1. The fourth-order valence-corrected chi connectivity index (χ4v) is 3.24. The lowest BCUT2D eigenvalue weighted by Gasteiger charge is -2.20. The van der Waals surface area contributed by atoms with Gasteiger partial charge in [-0.2, -0.15) is 5.10 Å². The van der Waals surface area contributed by atoms with Crippen molar-refractivity contribution < 1.29 is 18.7 Å². The lowest BCUT2D eigenvalue weighted by atomic mass is 10.2. The first-order chi connectivity index (χ1) is 13.9. The van der Waals surface area contributed by atoms with Crippen LogP contribution in [-0.2, 0) is 17.8 Å². The average molecular weight is 402 g/mol. The smallest absolute Gasteiger partial charge is 0.272 e. The molecule has 1 aromatic heterocycles. The third kappa shape index (κ3) is 5.63. The van der Waals surface area contributed by atoms with Gasteiger partial charge in [0.1, 0.15) is 11.5 Å². The summed E-state index contributed by atoms with van der Waals surface area (Å²) in [6.07, 6.45) is 1.58. The van der Waals surface area contributed by atoms with E-state index in [1.165, 1.54) is 18.2 Å². The largest absolute Gasteiger partial charge is 0.379 e. The van der Waals surface area contributed by atoms with Crippen LogP contribution in [0.1, 0.15) is 53.2 Å². The van der Waals surface area contributed by atoms with Crippen LogP contribution < -0.4 is 5.32 Å². The molecular weight excluding hydrogens is 375 g/mol. The number of hydrogen-bond donors (Lipinski definition) is 1. The van der Waals surface area contributed by atoms with Crippen molar-refractivity contribution in [3.63, 3.8) is 0 Å². The zero-order valence-corrected chi connectivity index (χ0v) is 16.9.